The molecule has 0 amide bonds. The summed E-state index contributed by atoms with van der Waals surface area (Å²) >= 11 is 0. The van der Waals surface area contributed by atoms with Crippen LogP contribution >= 0.6 is 0 Å². The summed E-state index contributed by atoms with van der Waals surface area (Å²) in [6, 6.07) is 4.84. The van der Waals surface area contributed by atoms with E-state index in [9.17, 15) is 17.6 Å². The number of pyridine rings is 1. The van der Waals surface area contributed by atoms with Crippen LogP contribution in [0, 0.1) is 5.82 Å². The third kappa shape index (κ3) is 2.90. The fourth-order valence-electron chi connectivity index (χ4n) is 1.49. The molecule has 1 heterocycles. The molecule has 0 saturated carbocycles. The lowest BCUT2D eigenvalue weighted by molar-refractivity contribution is -0.137. The molecule has 0 aliphatic heterocycles. The summed E-state index contributed by atoms with van der Waals surface area (Å²) in [4.78, 5) is 3.79. The van der Waals surface area contributed by atoms with Crippen molar-refractivity contribution in [3.05, 3.63) is 41.7 Å². The summed E-state index contributed by atoms with van der Waals surface area (Å²) in [6.07, 6.45) is -4.56. The Balaban J connectivity index is 2.35. The molecule has 0 saturated heterocycles. The van der Waals surface area contributed by atoms with Crippen molar-refractivity contribution >= 4 is 23.0 Å². The predicted octanol–water partition coefficient (Wildman–Crippen LogP) is 3.15. The average Bonchev–Trinajstić information content (AvgIpc) is 2.35. The average molecular weight is 286 g/mol. The molecule has 20 heavy (non-hydrogen) atoms. The van der Waals surface area contributed by atoms with Crippen molar-refractivity contribution in [2.75, 3.05) is 16.8 Å². The lowest BCUT2D eigenvalue weighted by Crippen LogP contribution is -2.07. The molecule has 4 nitrogen and oxygen atoms in total. The Morgan fingerprint density at radius 1 is 1.05 bits per heavy atom. The molecule has 0 spiro atoms. The largest absolute Gasteiger partial charge is 0.416 e. The van der Waals surface area contributed by atoms with Crippen LogP contribution in [0.3, 0.4) is 0 Å². The molecule has 1 aromatic carbocycles. The van der Waals surface area contributed by atoms with E-state index in [1.807, 2.05) is 0 Å². The molecule has 0 aliphatic carbocycles. The Bertz CT molecular complexity index is 640. The standard InChI is InChI=1S/C12H10F4N4/c13-7-2-1-6(12(14,15)16)5-9(7)19-10-4-3-8(17)11(18)20-10/h1-5H,17H2,(H3,18,19,20). The Hall–Kier alpha value is -2.51. The van der Waals surface area contributed by atoms with Gasteiger partial charge in [0.25, 0.3) is 0 Å². The van der Waals surface area contributed by atoms with Gasteiger partial charge < -0.3 is 16.8 Å². The summed E-state index contributed by atoms with van der Waals surface area (Å²) in [6.45, 7) is 0. The maximum absolute atomic E-state index is 13.5. The molecular weight excluding hydrogens is 276 g/mol. The molecular formula is C12H10F4N4. The Labute approximate surface area is 111 Å². The number of nitrogens with two attached hydrogens (primary N) is 2. The SMILES string of the molecule is Nc1ccc(Nc2cc(C(F)(F)F)ccc2F)nc1N. The van der Waals surface area contributed by atoms with Crippen molar-refractivity contribution in [1.29, 1.82) is 0 Å². The van der Waals surface area contributed by atoms with Gasteiger partial charge in [0, 0.05) is 0 Å². The third-order valence-electron chi connectivity index (χ3n) is 2.51. The van der Waals surface area contributed by atoms with Crippen LogP contribution in [0.15, 0.2) is 30.3 Å². The Kier molecular flexibility index (Phi) is 3.39. The first-order valence-corrected chi connectivity index (χ1v) is 5.43. The van der Waals surface area contributed by atoms with Gasteiger partial charge in [-0.05, 0) is 30.3 Å². The molecule has 5 N–H and O–H groups in total. The van der Waals surface area contributed by atoms with E-state index in [1.54, 1.807) is 0 Å². The minimum atomic E-state index is -4.56. The molecule has 0 aliphatic rings. The first-order chi connectivity index (χ1) is 9.27. The highest BCUT2D eigenvalue weighted by Gasteiger charge is 2.31. The number of aromatic nitrogens is 1. The van der Waals surface area contributed by atoms with Crippen LogP contribution in [0.4, 0.5) is 40.6 Å². The van der Waals surface area contributed by atoms with Gasteiger partial charge in [0.05, 0.1) is 16.9 Å². The van der Waals surface area contributed by atoms with Crippen LogP contribution in [0.25, 0.3) is 0 Å². The van der Waals surface area contributed by atoms with E-state index in [1.165, 1.54) is 12.1 Å². The quantitative estimate of drug-likeness (QED) is 0.741. The molecule has 2 rings (SSSR count). The van der Waals surface area contributed by atoms with Crippen molar-refractivity contribution in [1.82, 2.24) is 4.98 Å². The first-order valence-electron chi connectivity index (χ1n) is 5.43. The number of nitrogens with one attached hydrogen (secondary N) is 1. The topological polar surface area (TPSA) is 77.0 Å². The molecule has 0 atom stereocenters. The number of anilines is 4. The highest BCUT2D eigenvalue weighted by molar-refractivity contribution is 5.65. The number of alkyl halides is 3. The van der Waals surface area contributed by atoms with Crippen LogP contribution < -0.4 is 16.8 Å². The number of halogens is 4. The van der Waals surface area contributed by atoms with Gasteiger partial charge in [-0.2, -0.15) is 13.2 Å². The second-order valence-corrected chi connectivity index (χ2v) is 3.99. The minimum Gasteiger partial charge on any atom is -0.396 e. The highest BCUT2D eigenvalue weighted by Crippen LogP contribution is 2.32. The summed E-state index contributed by atoms with van der Waals surface area (Å²) in [7, 11) is 0. The van der Waals surface area contributed by atoms with Crippen molar-refractivity contribution < 1.29 is 17.6 Å². The lowest BCUT2D eigenvalue weighted by Gasteiger charge is -2.11. The number of rotatable bonds is 2. The van der Waals surface area contributed by atoms with Gasteiger partial charge in [0.15, 0.2) is 0 Å². The third-order valence-corrected chi connectivity index (χ3v) is 2.51. The summed E-state index contributed by atoms with van der Waals surface area (Å²) in [5, 5.41) is 2.43. The number of nitrogens with zero attached hydrogens (tertiary/aromatic N) is 1. The molecule has 0 fully saturated rings. The van der Waals surface area contributed by atoms with E-state index in [0.29, 0.717) is 12.1 Å². The zero-order valence-electron chi connectivity index (χ0n) is 10.0. The van der Waals surface area contributed by atoms with E-state index in [2.05, 4.69) is 10.3 Å². The summed E-state index contributed by atoms with van der Waals surface area (Å²) in [5.74, 6) is -0.743. The van der Waals surface area contributed by atoms with Gasteiger partial charge >= 0.3 is 6.18 Å². The smallest absolute Gasteiger partial charge is 0.396 e. The molecule has 0 radical (unpaired) electrons. The fourth-order valence-corrected chi connectivity index (χ4v) is 1.49. The van der Waals surface area contributed by atoms with Gasteiger partial charge in [-0.15, -0.1) is 0 Å². The number of nitrogen functional groups attached to an aromatic ring is 2. The zero-order chi connectivity index (χ0) is 14.9. The van der Waals surface area contributed by atoms with Crippen LogP contribution in [-0.4, -0.2) is 4.98 Å². The molecule has 106 valence electrons. The van der Waals surface area contributed by atoms with Crippen molar-refractivity contribution in [2.45, 2.75) is 6.18 Å². The highest BCUT2D eigenvalue weighted by atomic mass is 19.4. The van der Waals surface area contributed by atoms with Crippen LogP contribution in [-0.2, 0) is 6.18 Å². The van der Waals surface area contributed by atoms with E-state index >= 15 is 0 Å². The number of benzene rings is 1. The van der Waals surface area contributed by atoms with Gasteiger partial charge in [-0.1, -0.05) is 0 Å². The van der Waals surface area contributed by atoms with Gasteiger partial charge in [0.2, 0.25) is 0 Å². The van der Waals surface area contributed by atoms with Crippen molar-refractivity contribution in [3.63, 3.8) is 0 Å². The monoisotopic (exact) mass is 286 g/mol. The number of hydrogen-bond donors (Lipinski definition) is 3. The minimum absolute atomic E-state index is 0.00221. The zero-order valence-corrected chi connectivity index (χ0v) is 10.0. The fraction of sp³-hybridized carbons (Fsp3) is 0.0833. The van der Waals surface area contributed by atoms with E-state index < -0.39 is 17.6 Å². The first kappa shape index (κ1) is 13.9. The predicted molar refractivity (Wildman–Crippen MR) is 67.7 cm³/mol. The molecule has 0 bridgehead atoms. The van der Waals surface area contributed by atoms with Crippen molar-refractivity contribution in [2.24, 2.45) is 0 Å². The summed E-state index contributed by atoms with van der Waals surface area (Å²) in [5.41, 5.74) is 9.82. The van der Waals surface area contributed by atoms with E-state index in [4.69, 9.17) is 11.5 Å². The second kappa shape index (κ2) is 4.87. The number of hydrogen-bond acceptors (Lipinski definition) is 4. The maximum Gasteiger partial charge on any atom is 0.416 e. The molecule has 1 aromatic heterocycles. The summed E-state index contributed by atoms with van der Waals surface area (Å²) < 4.78 is 51.2. The Morgan fingerprint density at radius 3 is 2.35 bits per heavy atom. The van der Waals surface area contributed by atoms with E-state index in [0.717, 1.165) is 6.07 Å². The van der Waals surface area contributed by atoms with Gasteiger partial charge in [-0.3, -0.25) is 0 Å². The van der Waals surface area contributed by atoms with Crippen LogP contribution in [0.1, 0.15) is 5.56 Å². The van der Waals surface area contributed by atoms with Crippen LogP contribution in [0.2, 0.25) is 0 Å². The van der Waals surface area contributed by atoms with Crippen molar-refractivity contribution in [3.8, 4) is 0 Å². The van der Waals surface area contributed by atoms with Gasteiger partial charge in [-0.25, -0.2) is 9.37 Å². The normalized spacial score (nSPS) is 11.4. The molecule has 8 heteroatoms. The second-order valence-electron chi connectivity index (χ2n) is 3.99. The van der Waals surface area contributed by atoms with E-state index in [-0.39, 0.29) is 23.0 Å². The van der Waals surface area contributed by atoms with Gasteiger partial charge in [0.1, 0.15) is 17.5 Å². The molecule has 2 aromatic rings. The van der Waals surface area contributed by atoms with Crippen LogP contribution in [0.5, 0.6) is 0 Å². The lowest BCUT2D eigenvalue weighted by atomic mass is 10.2. The maximum atomic E-state index is 13.5. The molecule has 0 unspecified atom stereocenters. The Morgan fingerprint density at radius 2 is 1.75 bits per heavy atom.